The highest BCUT2D eigenvalue weighted by atomic mass is 15.2. The second-order valence-electron chi connectivity index (χ2n) is 6.00. The number of nitrogens with zero attached hydrogens (tertiary/aromatic N) is 1. The van der Waals surface area contributed by atoms with Gasteiger partial charge in [0, 0.05) is 18.6 Å². The van der Waals surface area contributed by atoms with Crippen LogP contribution in [0.2, 0.25) is 0 Å². The number of nitrogens with one attached hydrogen (secondary N) is 1. The van der Waals surface area contributed by atoms with Gasteiger partial charge in [0.15, 0.2) is 0 Å². The zero-order chi connectivity index (χ0) is 12.8. The van der Waals surface area contributed by atoms with Gasteiger partial charge in [0.2, 0.25) is 0 Å². The highest BCUT2D eigenvalue weighted by molar-refractivity contribution is 4.89. The van der Waals surface area contributed by atoms with E-state index in [1.54, 1.807) is 0 Å². The molecule has 0 spiro atoms. The number of likely N-dealkylation sites (N-methyl/N-ethyl adjacent to an activating group) is 2. The summed E-state index contributed by atoms with van der Waals surface area (Å²) in [6.45, 7) is 8.25. The maximum atomic E-state index is 3.53. The average molecular weight is 240 g/mol. The summed E-state index contributed by atoms with van der Waals surface area (Å²) in [5, 5.41) is 3.53. The SMILES string of the molecule is CCC(C)CN(C)C1CC(CC)CCC1NC. The zero-order valence-electron chi connectivity index (χ0n) is 12.5. The fraction of sp³-hybridized carbons (Fsp3) is 1.00. The van der Waals surface area contributed by atoms with Gasteiger partial charge in [-0.25, -0.2) is 0 Å². The van der Waals surface area contributed by atoms with Crippen LogP contribution >= 0.6 is 0 Å². The van der Waals surface area contributed by atoms with Crippen LogP contribution in [0.5, 0.6) is 0 Å². The zero-order valence-corrected chi connectivity index (χ0v) is 12.5. The molecule has 0 heterocycles. The van der Waals surface area contributed by atoms with Crippen LogP contribution in [0, 0.1) is 11.8 Å². The van der Waals surface area contributed by atoms with Gasteiger partial charge in [-0.1, -0.05) is 33.6 Å². The third-order valence-corrected chi connectivity index (χ3v) is 4.74. The molecule has 0 radical (unpaired) electrons. The molecule has 2 heteroatoms. The predicted octanol–water partition coefficient (Wildman–Crippen LogP) is 3.13. The van der Waals surface area contributed by atoms with Gasteiger partial charge in [-0.15, -0.1) is 0 Å². The van der Waals surface area contributed by atoms with Crippen molar-refractivity contribution in [3.63, 3.8) is 0 Å². The Morgan fingerprint density at radius 2 is 2.00 bits per heavy atom. The van der Waals surface area contributed by atoms with Gasteiger partial charge < -0.3 is 10.2 Å². The van der Waals surface area contributed by atoms with Crippen molar-refractivity contribution in [2.75, 3.05) is 20.6 Å². The molecule has 0 aromatic heterocycles. The third-order valence-electron chi connectivity index (χ3n) is 4.74. The van der Waals surface area contributed by atoms with Crippen LogP contribution in [0.15, 0.2) is 0 Å². The van der Waals surface area contributed by atoms with Gasteiger partial charge in [-0.2, -0.15) is 0 Å². The summed E-state index contributed by atoms with van der Waals surface area (Å²) >= 11 is 0. The number of hydrogen-bond donors (Lipinski definition) is 1. The lowest BCUT2D eigenvalue weighted by Gasteiger charge is -2.42. The fourth-order valence-electron chi connectivity index (χ4n) is 3.18. The van der Waals surface area contributed by atoms with Crippen LogP contribution in [0.25, 0.3) is 0 Å². The molecule has 1 aliphatic carbocycles. The lowest BCUT2D eigenvalue weighted by Crippen LogP contribution is -2.51. The fourth-order valence-corrected chi connectivity index (χ4v) is 3.18. The number of rotatable bonds is 6. The largest absolute Gasteiger partial charge is 0.315 e. The predicted molar refractivity (Wildman–Crippen MR) is 76.4 cm³/mol. The second kappa shape index (κ2) is 7.38. The van der Waals surface area contributed by atoms with E-state index in [0.717, 1.165) is 17.9 Å². The van der Waals surface area contributed by atoms with Crippen molar-refractivity contribution in [1.29, 1.82) is 0 Å². The molecule has 2 nitrogen and oxygen atoms in total. The summed E-state index contributed by atoms with van der Waals surface area (Å²) in [5.41, 5.74) is 0. The van der Waals surface area contributed by atoms with E-state index in [2.05, 4.69) is 45.1 Å². The highest BCUT2D eigenvalue weighted by Crippen LogP contribution is 2.30. The first-order valence-corrected chi connectivity index (χ1v) is 7.49. The molecule has 4 atom stereocenters. The Kier molecular flexibility index (Phi) is 6.50. The van der Waals surface area contributed by atoms with E-state index in [0.29, 0.717) is 6.04 Å². The van der Waals surface area contributed by atoms with E-state index in [1.807, 2.05) is 0 Å². The molecule has 0 aliphatic heterocycles. The summed E-state index contributed by atoms with van der Waals surface area (Å²) in [6, 6.07) is 1.44. The van der Waals surface area contributed by atoms with Gasteiger partial charge in [-0.3, -0.25) is 0 Å². The lowest BCUT2D eigenvalue weighted by atomic mass is 9.80. The second-order valence-corrected chi connectivity index (χ2v) is 6.00. The van der Waals surface area contributed by atoms with Crippen LogP contribution in [-0.2, 0) is 0 Å². The molecule has 1 fully saturated rings. The van der Waals surface area contributed by atoms with Gasteiger partial charge in [-0.05, 0) is 45.2 Å². The van der Waals surface area contributed by atoms with Crippen LogP contribution in [-0.4, -0.2) is 37.6 Å². The molecule has 1 saturated carbocycles. The average Bonchev–Trinajstić information content (AvgIpc) is 2.37. The van der Waals surface area contributed by atoms with Gasteiger partial charge in [0.05, 0.1) is 0 Å². The molecule has 1 rings (SSSR count). The van der Waals surface area contributed by atoms with E-state index < -0.39 is 0 Å². The molecule has 0 saturated heterocycles. The molecule has 1 N–H and O–H groups in total. The Morgan fingerprint density at radius 1 is 1.29 bits per heavy atom. The summed E-state index contributed by atoms with van der Waals surface area (Å²) < 4.78 is 0. The first-order valence-electron chi connectivity index (χ1n) is 7.49. The van der Waals surface area contributed by atoms with E-state index in [1.165, 1.54) is 38.6 Å². The standard InChI is InChI=1S/C15H32N2/c1-6-12(3)11-17(5)15-10-13(7-2)8-9-14(15)16-4/h12-16H,6-11H2,1-5H3. The topological polar surface area (TPSA) is 15.3 Å². The molecule has 0 aromatic carbocycles. The van der Waals surface area contributed by atoms with Crippen molar-refractivity contribution < 1.29 is 0 Å². The Labute approximate surface area is 108 Å². The summed E-state index contributed by atoms with van der Waals surface area (Å²) in [5.74, 6) is 1.77. The van der Waals surface area contributed by atoms with E-state index >= 15 is 0 Å². The maximum absolute atomic E-state index is 3.53. The minimum Gasteiger partial charge on any atom is -0.315 e. The van der Waals surface area contributed by atoms with Crippen molar-refractivity contribution in [1.82, 2.24) is 10.2 Å². The highest BCUT2D eigenvalue weighted by Gasteiger charge is 2.31. The van der Waals surface area contributed by atoms with Crippen LogP contribution in [0.1, 0.15) is 52.9 Å². The molecule has 0 aromatic rings. The smallest absolute Gasteiger partial charge is 0.0248 e. The first kappa shape index (κ1) is 15.0. The Hall–Kier alpha value is -0.0800. The molecule has 1 aliphatic rings. The van der Waals surface area contributed by atoms with E-state index in [4.69, 9.17) is 0 Å². The number of hydrogen-bond acceptors (Lipinski definition) is 2. The van der Waals surface area contributed by atoms with Crippen molar-refractivity contribution in [3.8, 4) is 0 Å². The first-order chi connectivity index (χ1) is 8.12. The third kappa shape index (κ3) is 4.26. The van der Waals surface area contributed by atoms with Crippen LogP contribution in [0.3, 0.4) is 0 Å². The van der Waals surface area contributed by atoms with Crippen molar-refractivity contribution in [3.05, 3.63) is 0 Å². The molecular formula is C15H32N2. The van der Waals surface area contributed by atoms with E-state index in [9.17, 15) is 0 Å². The van der Waals surface area contributed by atoms with Gasteiger partial charge in [0.25, 0.3) is 0 Å². The minimum atomic E-state index is 0.701. The van der Waals surface area contributed by atoms with Crippen molar-refractivity contribution in [2.24, 2.45) is 11.8 Å². The maximum Gasteiger partial charge on any atom is 0.0248 e. The van der Waals surface area contributed by atoms with Gasteiger partial charge >= 0.3 is 0 Å². The molecule has 4 unspecified atom stereocenters. The molecule has 0 amide bonds. The molecule has 102 valence electrons. The summed E-state index contributed by atoms with van der Waals surface area (Å²) in [6.07, 6.45) is 6.79. The van der Waals surface area contributed by atoms with E-state index in [-0.39, 0.29) is 0 Å². The Morgan fingerprint density at radius 3 is 2.53 bits per heavy atom. The van der Waals surface area contributed by atoms with Crippen molar-refractivity contribution in [2.45, 2.75) is 65.0 Å². The normalized spacial score (nSPS) is 31.8. The summed E-state index contributed by atoms with van der Waals surface area (Å²) in [7, 11) is 4.44. The Balaban J connectivity index is 2.55. The van der Waals surface area contributed by atoms with Crippen molar-refractivity contribution >= 4 is 0 Å². The monoisotopic (exact) mass is 240 g/mol. The molecular weight excluding hydrogens is 208 g/mol. The van der Waals surface area contributed by atoms with Crippen LogP contribution < -0.4 is 5.32 Å². The lowest BCUT2D eigenvalue weighted by molar-refractivity contribution is 0.109. The quantitative estimate of drug-likeness (QED) is 0.767. The Bertz CT molecular complexity index is 205. The minimum absolute atomic E-state index is 0.701. The summed E-state index contributed by atoms with van der Waals surface area (Å²) in [4.78, 5) is 2.61. The van der Waals surface area contributed by atoms with Gasteiger partial charge in [0.1, 0.15) is 0 Å². The molecule has 0 bridgehead atoms. The molecule has 17 heavy (non-hydrogen) atoms. The van der Waals surface area contributed by atoms with Crippen LogP contribution in [0.4, 0.5) is 0 Å².